The molecule has 1 aliphatic carbocycles. The first-order valence-electron chi connectivity index (χ1n) is 11.3. The number of ether oxygens (including phenoxy) is 2. The van der Waals surface area contributed by atoms with Gasteiger partial charge in [0.1, 0.15) is 10.8 Å². The Morgan fingerprint density at radius 2 is 1.77 bits per heavy atom. The maximum absolute atomic E-state index is 12.6. The fourth-order valence-corrected chi connectivity index (χ4v) is 4.88. The number of rotatable bonds is 8. The Kier molecular flexibility index (Phi) is 8.96. The van der Waals surface area contributed by atoms with Crippen LogP contribution < -0.4 is 21.2 Å². The number of hydrogen-bond donors (Lipinski definition) is 3. The molecule has 0 saturated heterocycles. The molecule has 0 unspecified atom stereocenters. The number of carbonyl (C=O) groups excluding carboxylic acids is 4. The number of hydrogen-bond acceptors (Lipinski definition) is 8. The van der Waals surface area contributed by atoms with Crippen molar-refractivity contribution in [3.05, 3.63) is 45.8 Å². The minimum atomic E-state index is -0.968. The number of amides is 3. The number of primary amides is 1. The third-order valence-corrected chi connectivity index (χ3v) is 6.52. The molecule has 11 heteroatoms. The van der Waals surface area contributed by atoms with Gasteiger partial charge in [0.25, 0.3) is 5.91 Å². The molecule has 3 amide bonds. The third kappa shape index (κ3) is 6.89. The molecule has 0 atom stereocenters. The monoisotopic (exact) mass is 500 g/mol. The standard InChI is InChI=1S/C24H28N4O6S/c1-3-33-24(32)20-17-7-5-4-6-8-18(17)35-23(20)26-21(30)22(31)28-27-14(2)15-9-11-16(12-10-15)34-13-19(25)29/h9-12H,3-8,13H2,1-2H3,(H2,25,29)(H,26,30)(H,28,31)/b27-14+. The average Bonchev–Trinajstić information content (AvgIpc) is 3.01. The van der Waals surface area contributed by atoms with Crippen molar-refractivity contribution in [1.29, 1.82) is 0 Å². The Balaban J connectivity index is 1.67. The number of nitrogens with zero attached hydrogens (tertiary/aromatic N) is 1. The number of nitrogens with one attached hydrogen (secondary N) is 2. The Morgan fingerprint density at radius 1 is 1.06 bits per heavy atom. The fourth-order valence-electron chi connectivity index (χ4n) is 3.61. The molecule has 3 rings (SSSR count). The van der Waals surface area contributed by atoms with E-state index in [0.29, 0.717) is 27.6 Å². The summed E-state index contributed by atoms with van der Waals surface area (Å²) in [7, 11) is 0. The molecule has 0 radical (unpaired) electrons. The van der Waals surface area contributed by atoms with Gasteiger partial charge >= 0.3 is 17.8 Å². The number of esters is 1. The highest BCUT2D eigenvalue weighted by Crippen LogP contribution is 2.38. The number of carbonyl (C=O) groups is 4. The molecular weight excluding hydrogens is 472 g/mol. The van der Waals surface area contributed by atoms with E-state index in [-0.39, 0.29) is 13.2 Å². The number of hydrazone groups is 1. The van der Waals surface area contributed by atoms with E-state index in [1.54, 1.807) is 38.1 Å². The van der Waals surface area contributed by atoms with Crippen molar-refractivity contribution >= 4 is 45.7 Å². The summed E-state index contributed by atoms with van der Waals surface area (Å²) >= 11 is 1.31. The second kappa shape index (κ2) is 12.1. The molecule has 0 fully saturated rings. The molecule has 1 aliphatic rings. The van der Waals surface area contributed by atoms with Crippen LogP contribution in [0.5, 0.6) is 5.75 Å². The Bertz CT molecular complexity index is 1140. The van der Waals surface area contributed by atoms with E-state index >= 15 is 0 Å². The van der Waals surface area contributed by atoms with Crippen LogP contribution in [0.25, 0.3) is 0 Å². The van der Waals surface area contributed by atoms with E-state index in [2.05, 4.69) is 15.8 Å². The lowest BCUT2D eigenvalue weighted by molar-refractivity contribution is -0.136. The maximum atomic E-state index is 12.6. The van der Waals surface area contributed by atoms with E-state index in [4.69, 9.17) is 15.2 Å². The van der Waals surface area contributed by atoms with Crippen molar-refractivity contribution in [2.45, 2.75) is 46.0 Å². The van der Waals surface area contributed by atoms with Gasteiger partial charge in [0, 0.05) is 4.88 Å². The number of nitrogens with two attached hydrogens (primary N) is 1. The zero-order valence-electron chi connectivity index (χ0n) is 19.6. The van der Waals surface area contributed by atoms with E-state index in [0.717, 1.165) is 42.5 Å². The van der Waals surface area contributed by atoms with Crippen molar-refractivity contribution in [3.63, 3.8) is 0 Å². The highest BCUT2D eigenvalue weighted by molar-refractivity contribution is 7.17. The maximum Gasteiger partial charge on any atom is 0.341 e. The van der Waals surface area contributed by atoms with Crippen LogP contribution in [0.2, 0.25) is 0 Å². The van der Waals surface area contributed by atoms with Crippen molar-refractivity contribution < 1.29 is 28.7 Å². The SMILES string of the molecule is CCOC(=O)c1c(NC(=O)C(=O)N/N=C(\C)c2ccc(OCC(N)=O)cc2)sc2c1CCCCC2. The van der Waals surface area contributed by atoms with Crippen molar-refractivity contribution in [2.75, 3.05) is 18.5 Å². The Morgan fingerprint density at radius 3 is 2.46 bits per heavy atom. The summed E-state index contributed by atoms with van der Waals surface area (Å²) in [6, 6.07) is 6.63. The van der Waals surface area contributed by atoms with Crippen LogP contribution in [0.4, 0.5) is 5.00 Å². The van der Waals surface area contributed by atoms with Crippen LogP contribution in [0.15, 0.2) is 29.4 Å². The largest absolute Gasteiger partial charge is 0.484 e. The molecule has 0 spiro atoms. The molecule has 1 aromatic heterocycles. The number of thiophene rings is 1. The van der Waals surface area contributed by atoms with Crippen LogP contribution in [-0.2, 0) is 32.0 Å². The van der Waals surface area contributed by atoms with Crippen molar-refractivity contribution in [1.82, 2.24) is 5.43 Å². The lowest BCUT2D eigenvalue weighted by atomic mass is 10.1. The normalized spacial score (nSPS) is 13.3. The van der Waals surface area contributed by atoms with Crippen LogP contribution >= 0.6 is 11.3 Å². The average molecular weight is 501 g/mol. The summed E-state index contributed by atoms with van der Waals surface area (Å²) < 4.78 is 10.4. The first kappa shape index (κ1) is 25.9. The first-order valence-corrected chi connectivity index (χ1v) is 12.1. The van der Waals surface area contributed by atoms with Crippen LogP contribution in [0, 0.1) is 0 Å². The van der Waals surface area contributed by atoms with Gasteiger partial charge in [0.05, 0.1) is 17.9 Å². The van der Waals surface area contributed by atoms with Gasteiger partial charge in [-0.3, -0.25) is 14.4 Å². The van der Waals surface area contributed by atoms with Gasteiger partial charge in [0.15, 0.2) is 6.61 Å². The fraction of sp³-hybridized carbons (Fsp3) is 0.375. The highest BCUT2D eigenvalue weighted by Gasteiger charge is 2.27. The molecule has 0 aliphatic heterocycles. The molecule has 2 aromatic rings. The zero-order chi connectivity index (χ0) is 25.4. The Labute approximate surface area is 206 Å². The Hall–Kier alpha value is -3.73. The van der Waals surface area contributed by atoms with Gasteiger partial charge in [-0.25, -0.2) is 10.2 Å². The highest BCUT2D eigenvalue weighted by atomic mass is 32.1. The molecule has 1 aromatic carbocycles. The summed E-state index contributed by atoms with van der Waals surface area (Å²) in [4.78, 5) is 49.4. The van der Waals surface area contributed by atoms with Crippen molar-refractivity contribution in [2.24, 2.45) is 10.8 Å². The van der Waals surface area contributed by atoms with Gasteiger partial charge in [0.2, 0.25) is 0 Å². The van der Waals surface area contributed by atoms with Gasteiger partial charge in [-0.2, -0.15) is 5.10 Å². The van der Waals surface area contributed by atoms with Gasteiger partial charge in [-0.05, 0) is 74.9 Å². The summed E-state index contributed by atoms with van der Waals surface area (Å²) in [5.41, 5.74) is 9.64. The van der Waals surface area contributed by atoms with E-state index < -0.39 is 23.7 Å². The minimum absolute atomic E-state index is 0.212. The molecule has 0 bridgehead atoms. The predicted octanol–water partition coefficient (Wildman–Crippen LogP) is 2.54. The van der Waals surface area contributed by atoms with Crippen LogP contribution in [-0.4, -0.2) is 42.6 Å². The lowest BCUT2D eigenvalue weighted by Gasteiger charge is -2.08. The molecule has 0 saturated carbocycles. The predicted molar refractivity (Wildman–Crippen MR) is 132 cm³/mol. The van der Waals surface area contributed by atoms with Crippen LogP contribution in [0.1, 0.15) is 59.5 Å². The van der Waals surface area contributed by atoms with E-state index in [9.17, 15) is 19.2 Å². The number of anilines is 1. The van der Waals surface area contributed by atoms with E-state index in [1.165, 1.54) is 11.3 Å². The van der Waals surface area contributed by atoms with Crippen LogP contribution in [0.3, 0.4) is 0 Å². The summed E-state index contributed by atoms with van der Waals surface area (Å²) in [6.07, 6.45) is 4.60. The molecule has 186 valence electrons. The quantitative estimate of drug-likeness (QED) is 0.167. The minimum Gasteiger partial charge on any atom is -0.484 e. The smallest absolute Gasteiger partial charge is 0.341 e. The molecule has 35 heavy (non-hydrogen) atoms. The molecular formula is C24H28N4O6S. The third-order valence-electron chi connectivity index (χ3n) is 5.31. The summed E-state index contributed by atoms with van der Waals surface area (Å²) in [5.74, 6) is -2.53. The molecule has 4 N–H and O–H groups in total. The second-order valence-corrected chi connectivity index (χ2v) is 8.97. The lowest BCUT2D eigenvalue weighted by Crippen LogP contribution is -2.33. The zero-order valence-corrected chi connectivity index (χ0v) is 20.5. The summed E-state index contributed by atoms with van der Waals surface area (Å²) in [5, 5.41) is 6.87. The van der Waals surface area contributed by atoms with E-state index in [1.807, 2.05) is 0 Å². The topological polar surface area (TPSA) is 149 Å². The number of fused-ring (bicyclic) bond motifs is 1. The number of benzene rings is 1. The first-order chi connectivity index (χ1) is 16.8. The summed E-state index contributed by atoms with van der Waals surface area (Å²) in [6.45, 7) is 3.36. The second-order valence-electron chi connectivity index (χ2n) is 7.86. The van der Waals surface area contributed by atoms with Gasteiger partial charge in [-0.1, -0.05) is 6.42 Å². The molecule has 10 nitrogen and oxygen atoms in total. The molecule has 1 heterocycles. The van der Waals surface area contributed by atoms with Gasteiger partial charge in [-0.15, -0.1) is 11.3 Å². The number of aryl methyl sites for hydroxylation is 1. The van der Waals surface area contributed by atoms with Gasteiger partial charge < -0.3 is 20.5 Å². The van der Waals surface area contributed by atoms with Crippen molar-refractivity contribution in [3.8, 4) is 5.75 Å².